The molecule has 1 unspecified atom stereocenters. The van der Waals surface area contributed by atoms with E-state index in [1.54, 1.807) is 31.4 Å². The highest BCUT2D eigenvalue weighted by atomic mass is 16.5. The van der Waals surface area contributed by atoms with E-state index < -0.39 is 5.97 Å². The number of rotatable bonds is 6. The molecule has 2 aromatic rings. The van der Waals surface area contributed by atoms with E-state index in [-0.39, 0.29) is 11.3 Å². The van der Waals surface area contributed by atoms with Crippen molar-refractivity contribution in [3.63, 3.8) is 0 Å². The van der Waals surface area contributed by atoms with Crippen molar-refractivity contribution in [2.24, 2.45) is 5.92 Å². The highest BCUT2D eigenvalue weighted by Gasteiger charge is 2.32. The summed E-state index contributed by atoms with van der Waals surface area (Å²) in [5.41, 5.74) is 0.789. The van der Waals surface area contributed by atoms with Crippen LogP contribution in [0.25, 0.3) is 11.3 Å². The number of anilines is 1. The van der Waals surface area contributed by atoms with Crippen LogP contribution < -0.4 is 9.64 Å². The zero-order chi connectivity index (χ0) is 18.0. The molecule has 1 N–H and O–H groups in total. The van der Waals surface area contributed by atoms with Gasteiger partial charge in [0.05, 0.1) is 7.11 Å². The first-order chi connectivity index (χ1) is 12.0. The number of aromatic nitrogens is 1. The highest BCUT2D eigenvalue weighted by Crippen LogP contribution is 2.34. The number of carbonyl (C=O) groups is 1. The molecule has 1 aliphatic heterocycles. The fraction of sp³-hybridized carbons (Fsp3) is 0.444. The van der Waals surface area contributed by atoms with E-state index in [9.17, 15) is 9.90 Å². The van der Waals surface area contributed by atoms with Crippen LogP contribution in [0.3, 0.4) is 0 Å². The van der Waals surface area contributed by atoms with Gasteiger partial charge in [-0.3, -0.25) is 0 Å². The first-order valence-corrected chi connectivity index (χ1v) is 8.26. The van der Waals surface area contributed by atoms with Crippen LogP contribution in [0.4, 0.5) is 5.82 Å². The lowest BCUT2D eigenvalue weighted by Gasteiger charge is -2.18. The average Bonchev–Trinajstić information content (AvgIpc) is 3.20. The Morgan fingerprint density at radius 1 is 1.40 bits per heavy atom. The third kappa shape index (κ3) is 3.61. The van der Waals surface area contributed by atoms with Crippen LogP contribution in [0.15, 0.2) is 28.8 Å². The van der Waals surface area contributed by atoms with Gasteiger partial charge in [0.1, 0.15) is 5.75 Å². The molecular formula is C18H23N3O4. The lowest BCUT2D eigenvalue weighted by Crippen LogP contribution is -2.26. The molecule has 1 saturated heterocycles. The number of benzene rings is 1. The summed E-state index contributed by atoms with van der Waals surface area (Å²) in [7, 11) is 5.67. The fourth-order valence-corrected chi connectivity index (χ4v) is 3.32. The lowest BCUT2D eigenvalue weighted by molar-refractivity contribution is 0.0698. The highest BCUT2D eigenvalue weighted by molar-refractivity contribution is 5.99. The van der Waals surface area contributed by atoms with E-state index in [0.29, 0.717) is 23.0 Å². The smallest absolute Gasteiger partial charge is 0.343 e. The molecule has 0 radical (unpaired) electrons. The molecule has 1 atom stereocenters. The summed E-state index contributed by atoms with van der Waals surface area (Å²) < 4.78 is 10.6. The van der Waals surface area contributed by atoms with E-state index in [4.69, 9.17) is 9.26 Å². The molecule has 1 aromatic carbocycles. The molecule has 25 heavy (non-hydrogen) atoms. The van der Waals surface area contributed by atoms with Crippen LogP contribution >= 0.6 is 0 Å². The third-order valence-corrected chi connectivity index (χ3v) is 4.45. The third-order valence-electron chi connectivity index (χ3n) is 4.45. The molecular weight excluding hydrogens is 322 g/mol. The summed E-state index contributed by atoms with van der Waals surface area (Å²) in [5, 5.41) is 13.8. The average molecular weight is 345 g/mol. The monoisotopic (exact) mass is 345 g/mol. The van der Waals surface area contributed by atoms with E-state index in [1.807, 2.05) is 19.0 Å². The van der Waals surface area contributed by atoms with Crippen LogP contribution in [0.5, 0.6) is 5.75 Å². The van der Waals surface area contributed by atoms with Gasteiger partial charge < -0.3 is 24.2 Å². The summed E-state index contributed by atoms with van der Waals surface area (Å²) >= 11 is 0. The maximum atomic E-state index is 11.9. The first-order valence-electron chi connectivity index (χ1n) is 8.26. The predicted molar refractivity (Wildman–Crippen MR) is 94.3 cm³/mol. The maximum Gasteiger partial charge on any atom is 0.343 e. The van der Waals surface area contributed by atoms with Gasteiger partial charge >= 0.3 is 5.97 Å². The van der Waals surface area contributed by atoms with Gasteiger partial charge in [0, 0.05) is 25.2 Å². The topological polar surface area (TPSA) is 79.0 Å². The molecule has 134 valence electrons. The zero-order valence-electron chi connectivity index (χ0n) is 14.7. The molecule has 1 aliphatic rings. The summed E-state index contributed by atoms with van der Waals surface area (Å²) in [6, 6.07) is 7.08. The standard InChI is InChI=1S/C18H23N3O4/c1-20(2)10-12-8-9-21(11-12)17-15(18(22)23)16(25-19-17)13-4-6-14(24-3)7-5-13/h4-7,12H,8-11H2,1-3H3,(H,22,23). The van der Waals surface area contributed by atoms with E-state index in [0.717, 1.165) is 26.1 Å². The molecule has 1 aromatic heterocycles. The number of methoxy groups -OCH3 is 1. The van der Waals surface area contributed by atoms with Gasteiger partial charge in [0.25, 0.3) is 0 Å². The Bertz CT molecular complexity index is 739. The van der Waals surface area contributed by atoms with Crippen LogP contribution in [0.2, 0.25) is 0 Å². The number of aromatic carboxylic acids is 1. The number of ether oxygens (including phenoxy) is 1. The van der Waals surface area contributed by atoms with Gasteiger partial charge in [-0.15, -0.1) is 0 Å². The fourth-order valence-electron chi connectivity index (χ4n) is 3.32. The van der Waals surface area contributed by atoms with E-state index in [1.165, 1.54) is 0 Å². The van der Waals surface area contributed by atoms with Crippen molar-refractivity contribution >= 4 is 11.8 Å². The van der Waals surface area contributed by atoms with Crippen LogP contribution in [0.1, 0.15) is 16.8 Å². The number of hydrogen-bond acceptors (Lipinski definition) is 6. The molecule has 7 heteroatoms. The van der Waals surface area contributed by atoms with Crippen molar-refractivity contribution in [3.8, 4) is 17.1 Å². The Labute approximate surface area is 146 Å². The Morgan fingerprint density at radius 3 is 2.72 bits per heavy atom. The van der Waals surface area contributed by atoms with Gasteiger partial charge in [-0.1, -0.05) is 5.16 Å². The van der Waals surface area contributed by atoms with Crippen molar-refractivity contribution in [2.75, 3.05) is 45.7 Å². The van der Waals surface area contributed by atoms with Crippen molar-refractivity contribution in [1.29, 1.82) is 0 Å². The van der Waals surface area contributed by atoms with Gasteiger partial charge in [0.15, 0.2) is 17.1 Å². The van der Waals surface area contributed by atoms with Crippen LogP contribution in [-0.2, 0) is 0 Å². The Hall–Kier alpha value is -2.54. The molecule has 0 spiro atoms. The minimum atomic E-state index is -1.03. The molecule has 1 fully saturated rings. The minimum absolute atomic E-state index is 0.121. The largest absolute Gasteiger partial charge is 0.497 e. The van der Waals surface area contributed by atoms with Gasteiger partial charge in [0.2, 0.25) is 0 Å². The number of hydrogen-bond donors (Lipinski definition) is 1. The van der Waals surface area contributed by atoms with Crippen molar-refractivity contribution < 1.29 is 19.2 Å². The Morgan fingerprint density at radius 2 is 2.12 bits per heavy atom. The number of nitrogens with zero attached hydrogens (tertiary/aromatic N) is 3. The van der Waals surface area contributed by atoms with Gasteiger partial charge in [-0.2, -0.15) is 0 Å². The normalized spacial score (nSPS) is 17.3. The second kappa shape index (κ2) is 7.14. The van der Waals surface area contributed by atoms with Crippen LogP contribution in [-0.4, -0.2) is 62.0 Å². The van der Waals surface area contributed by atoms with Gasteiger partial charge in [-0.05, 0) is 50.7 Å². The lowest BCUT2D eigenvalue weighted by atomic mass is 10.1. The SMILES string of the molecule is COc1ccc(-c2onc(N3CCC(CN(C)C)C3)c2C(=O)O)cc1. The number of carboxylic acids is 1. The molecule has 7 nitrogen and oxygen atoms in total. The Kier molecular flexibility index (Phi) is 4.94. The van der Waals surface area contributed by atoms with Crippen LogP contribution in [0, 0.1) is 5.92 Å². The van der Waals surface area contributed by atoms with Gasteiger partial charge in [-0.25, -0.2) is 4.79 Å². The molecule has 2 heterocycles. The molecule has 0 aliphatic carbocycles. The summed E-state index contributed by atoms with van der Waals surface area (Å²) in [5.74, 6) is 0.864. The molecule has 0 saturated carbocycles. The Balaban J connectivity index is 1.89. The quantitative estimate of drug-likeness (QED) is 0.861. The second-order valence-electron chi connectivity index (χ2n) is 6.61. The first kappa shape index (κ1) is 17.3. The van der Waals surface area contributed by atoms with Crippen molar-refractivity contribution in [1.82, 2.24) is 10.1 Å². The minimum Gasteiger partial charge on any atom is -0.497 e. The molecule has 0 bridgehead atoms. The molecule has 3 rings (SSSR count). The summed E-state index contributed by atoms with van der Waals surface area (Å²) in [6.45, 7) is 2.54. The van der Waals surface area contributed by atoms with E-state index >= 15 is 0 Å². The van der Waals surface area contributed by atoms with E-state index in [2.05, 4.69) is 10.1 Å². The van der Waals surface area contributed by atoms with Crippen molar-refractivity contribution in [2.45, 2.75) is 6.42 Å². The zero-order valence-corrected chi connectivity index (χ0v) is 14.7. The molecule has 0 amide bonds. The maximum absolute atomic E-state index is 11.9. The predicted octanol–water partition coefficient (Wildman–Crippen LogP) is 2.44. The van der Waals surface area contributed by atoms with Crippen molar-refractivity contribution in [3.05, 3.63) is 29.8 Å². The summed E-state index contributed by atoms with van der Waals surface area (Å²) in [6.07, 6.45) is 1.02. The number of carboxylic acid groups (broad SMARTS) is 1. The second-order valence-corrected chi connectivity index (χ2v) is 6.61. The summed E-state index contributed by atoms with van der Waals surface area (Å²) in [4.78, 5) is 16.0.